The summed E-state index contributed by atoms with van der Waals surface area (Å²) in [5.74, 6) is -3.18. The Bertz CT molecular complexity index is 1010. The van der Waals surface area contributed by atoms with Crippen LogP contribution in [0.25, 0.3) is 0 Å². The van der Waals surface area contributed by atoms with Crippen molar-refractivity contribution in [2.75, 3.05) is 40.0 Å². The molecule has 11 heteroatoms. The van der Waals surface area contributed by atoms with Crippen LogP contribution in [0.4, 0.5) is 8.78 Å². The fourth-order valence-corrected chi connectivity index (χ4v) is 4.09. The van der Waals surface area contributed by atoms with Gasteiger partial charge in [-0.1, -0.05) is 5.21 Å². The number of hydrogen-bond acceptors (Lipinski definition) is 6. The number of amides is 2. The highest BCUT2D eigenvalue weighted by molar-refractivity contribution is 5.96. The molecule has 2 aliphatic rings. The predicted molar refractivity (Wildman–Crippen MR) is 109 cm³/mol. The summed E-state index contributed by atoms with van der Waals surface area (Å²) in [6.07, 6.45) is 0.954. The Kier molecular flexibility index (Phi) is 6.09. The van der Waals surface area contributed by atoms with Crippen molar-refractivity contribution in [1.29, 1.82) is 0 Å². The maximum absolute atomic E-state index is 14.3. The van der Waals surface area contributed by atoms with Crippen LogP contribution in [0.2, 0.25) is 0 Å². The first kappa shape index (κ1) is 22.1. The van der Waals surface area contributed by atoms with E-state index in [2.05, 4.69) is 10.3 Å². The van der Waals surface area contributed by atoms with Crippen LogP contribution in [0.3, 0.4) is 0 Å². The Morgan fingerprint density at radius 3 is 2.69 bits per heavy atom. The molecule has 2 aliphatic heterocycles. The smallest absolute Gasteiger partial charge is 0.276 e. The second-order valence-corrected chi connectivity index (χ2v) is 8.06. The van der Waals surface area contributed by atoms with Gasteiger partial charge in [-0.15, -0.1) is 5.10 Å². The first-order chi connectivity index (χ1) is 15.3. The topological polar surface area (TPSA) is 89.8 Å². The van der Waals surface area contributed by atoms with E-state index in [1.54, 1.807) is 30.0 Å². The number of benzene rings is 1. The number of alkyl halides is 2. The molecule has 172 valence electrons. The SMILES string of the molecule is COc1ccc(C(=O)N2CC(F)(F)CC2Cn2cc(C(=O)N3CCOCC3)nn2)c(C)c1. The van der Waals surface area contributed by atoms with Gasteiger partial charge < -0.3 is 19.3 Å². The molecule has 0 spiro atoms. The lowest BCUT2D eigenvalue weighted by atomic mass is 10.1. The summed E-state index contributed by atoms with van der Waals surface area (Å²) in [6, 6.07) is 4.12. The first-order valence-corrected chi connectivity index (χ1v) is 10.4. The molecule has 9 nitrogen and oxygen atoms in total. The van der Waals surface area contributed by atoms with Gasteiger partial charge in [-0.2, -0.15) is 0 Å². The summed E-state index contributed by atoms with van der Waals surface area (Å²) in [5, 5.41) is 7.85. The number of methoxy groups -OCH3 is 1. The molecule has 1 atom stereocenters. The third kappa shape index (κ3) is 4.57. The highest BCUT2D eigenvalue weighted by Crippen LogP contribution is 2.34. The van der Waals surface area contributed by atoms with Gasteiger partial charge >= 0.3 is 0 Å². The second kappa shape index (κ2) is 8.81. The minimum absolute atomic E-state index is 0.0138. The maximum atomic E-state index is 14.3. The summed E-state index contributed by atoms with van der Waals surface area (Å²) >= 11 is 0. The molecule has 3 heterocycles. The van der Waals surface area contributed by atoms with Crippen molar-refractivity contribution >= 4 is 11.8 Å². The number of halogens is 2. The number of morpholine rings is 1. The van der Waals surface area contributed by atoms with Crippen LogP contribution in [0.1, 0.15) is 32.8 Å². The van der Waals surface area contributed by atoms with Gasteiger partial charge in [0.05, 0.1) is 45.7 Å². The molecule has 2 saturated heterocycles. The highest BCUT2D eigenvalue weighted by Gasteiger charge is 2.47. The third-order valence-electron chi connectivity index (χ3n) is 5.76. The number of aryl methyl sites for hydroxylation is 1. The summed E-state index contributed by atoms with van der Waals surface area (Å²) in [6.45, 7) is 2.92. The fourth-order valence-electron chi connectivity index (χ4n) is 4.09. The average Bonchev–Trinajstić information content (AvgIpc) is 3.37. The van der Waals surface area contributed by atoms with Gasteiger partial charge in [0, 0.05) is 25.1 Å². The number of likely N-dealkylation sites (tertiary alicyclic amines) is 1. The normalized spacial score (nSPS) is 20.4. The predicted octanol–water partition coefficient (Wildman–Crippen LogP) is 1.62. The van der Waals surface area contributed by atoms with Gasteiger partial charge in [-0.3, -0.25) is 9.59 Å². The van der Waals surface area contributed by atoms with Crippen molar-refractivity contribution in [2.24, 2.45) is 0 Å². The van der Waals surface area contributed by atoms with Crippen LogP contribution >= 0.6 is 0 Å². The van der Waals surface area contributed by atoms with Gasteiger partial charge in [-0.25, -0.2) is 13.5 Å². The van der Waals surface area contributed by atoms with Crippen molar-refractivity contribution < 1.29 is 27.8 Å². The van der Waals surface area contributed by atoms with Crippen LogP contribution in [0.5, 0.6) is 5.75 Å². The lowest BCUT2D eigenvalue weighted by molar-refractivity contribution is 0.0117. The van der Waals surface area contributed by atoms with Crippen LogP contribution < -0.4 is 4.74 Å². The van der Waals surface area contributed by atoms with E-state index in [1.165, 1.54) is 22.9 Å². The summed E-state index contributed by atoms with van der Waals surface area (Å²) in [4.78, 5) is 28.5. The van der Waals surface area contributed by atoms with Crippen LogP contribution in [0.15, 0.2) is 24.4 Å². The quantitative estimate of drug-likeness (QED) is 0.689. The Morgan fingerprint density at radius 2 is 2.00 bits per heavy atom. The minimum Gasteiger partial charge on any atom is -0.497 e. The average molecular weight is 449 g/mol. The lowest BCUT2D eigenvalue weighted by Crippen LogP contribution is -2.40. The number of carbonyl (C=O) groups excluding carboxylic acids is 2. The van der Waals surface area contributed by atoms with Crippen molar-refractivity contribution in [3.8, 4) is 5.75 Å². The number of hydrogen-bond donors (Lipinski definition) is 0. The molecule has 32 heavy (non-hydrogen) atoms. The monoisotopic (exact) mass is 449 g/mol. The largest absolute Gasteiger partial charge is 0.497 e. The van der Waals surface area contributed by atoms with E-state index in [9.17, 15) is 18.4 Å². The summed E-state index contributed by atoms with van der Waals surface area (Å²) in [5.41, 5.74) is 1.12. The molecule has 2 aromatic rings. The van der Waals surface area contributed by atoms with E-state index >= 15 is 0 Å². The molecule has 0 radical (unpaired) electrons. The van der Waals surface area contributed by atoms with E-state index in [-0.39, 0.29) is 18.1 Å². The molecule has 0 bridgehead atoms. The van der Waals surface area contributed by atoms with Crippen LogP contribution in [-0.2, 0) is 11.3 Å². The molecule has 2 amide bonds. The first-order valence-electron chi connectivity index (χ1n) is 10.4. The van der Waals surface area contributed by atoms with Crippen LogP contribution in [-0.4, -0.2) is 88.5 Å². The van der Waals surface area contributed by atoms with Crippen molar-refractivity contribution in [1.82, 2.24) is 24.8 Å². The molecule has 1 aromatic carbocycles. The van der Waals surface area contributed by atoms with E-state index < -0.39 is 30.8 Å². The van der Waals surface area contributed by atoms with E-state index in [1.807, 2.05) is 0 Å². The molecule has 4 rings (SSSR count). The maximum Gasteiger partial charge on any atom is 0.276 e. The molecular weight excluding hydrogens is 424 g/mol. The highest BCUT2D eigenvalue weighted by atomic mass is 19.3. The molecule has 0 aliphatic carbocycles. The molecular formula is C21H25F2N5O4. The zero-order chi connectivity index (χ0) is 22.9. The van der Waals surface area contributed by atoms with Gasteiger partial charge in [-0.05, 0) is 30.7 Å². The van der Waals surface area contributed by atoms with E-state index in [0.29, 0.717) is 43.2 Å². The summed E-state index contributed by atoms with van der Waals surface area (Å²) < 4.78 is 40.3. The van der Waals surface area contributed by atoms with Gasteiger partial charge in [0.1, 0.15) is 5.75 Å². The van der Waals surface area contributed by atoms with Gasteiger partial charge in [0.2, 0.25) is 0 Å². The molecule has 0 saturated carbocycles. The standard InChI is InChI=1S/C21H25F2N5O4/c1-14-9-16(31-2)3-4-17(14)19(29)28-13-21(22,23)10-15(28)11-27-12-18(24-25-27)20(30)26-5-7-32-8-6-26/h3-4,9,12,15H,5-8,10-11,13H2,1-2H3. The van der Waals surface area contributed by atoms with Crippen molar-refractivity contribution in [3.05, 3.63) is 41.2 Å². The minimum atomic E-state index is -3.01. The van der Waals surface area contributed by atoms with Gasteiger partial charge in [0.15, 0.2) is 5.69 Å². The Labute approximate surface area is 183 Å². The zero-order valence-corrected chi connectivity index (χ0v) is 18.0. The molecule has 1 unspecified atom stereocenters. The molecule has 0 N–H and O–H groups in total. The van der Waals surface area contributed by atoms with Crippen LogP contribution in [0, 0.1) is 6.92 Å². The second-order valence-electron chi connectivity index (χ2n) is 8.06. The summed E-state index contributed by atoms with van der Waals surface area (Å²) in [7, 11) is 1.52. The van der Waals surface area contributed by atoms with E-state index in [0.717, 1.165) is 0 Å². The Hall–Kier alpha value is -3.08. The Balaban J connectivity index is 1.50. The zero-order valence-electron chi connectivity index (χ0n) is 18.0. The number of nitrogens with zero attached hydrogens (tertiary/aromatic N) is 5. The third-order valence-corrected chi connectivity index (χ3v) is 5.76. The van der Waals surface area contributed by atoms with Crippen molar-refractivity contribution in [3.63, 3.8) is 0 Å². The van der Waals surface area contributed by atoms with Gasteiger partial charge in [0.25, 0.3) is 17.7 Å². The Morgan fingerprint density at radius 1 is 1.25 bits per heavy atom. The lowest BCUT2D eigenvalue weighted by Gasteiger charge is -2.25. The number of ether oxygens (including phenoxy) is 2. The number of rotatable bonds is 5. The fraction of sp³-hybridized carbons (Fsp3) is 0.524. The molecule has 2 fully saturated rings. The van der Waals surface area contributed by atoms with E-state index in [4.69, 9.17) is 9.47 Å². The number of carbonyl (C=O) groups is 2. The van der Waals surface area contributed by atoms with Crippen molar-refractivity contribution in [2.45, 2.75) is 31.9 Å². The molecule has 1 aromatic heterocycles. The number of aromatic nitrogens is 3.